The summed E-state index contributed by atoms with van der Waals surface area (Å²) in [4.78, 5) is 4.25. The van der Waals surface area contributed by atoms with Crippen molar-refractivity contribution in [1.29, 1.82) is 0 Å². The van der Waals surface area contributed by atoms with E-state index in [-0.39, 0.29) is 12.2 Å². The summed E-state index contributed by atoms with van der Waals surface area (Å²) in [5, 5.41) is 7.03. The topological polar surface area (TPSA) is 42.2 Å². The molecule has 0 saturated heterocycles. The van der Waals surface area contributed by atoms with Gasteiger partial charge in [0, 0.05) is 30.6 Å². The van der Waals surface area contributed by atoms with E-state index in [0.29, 0.717) is 5.56 Å². The maximum absolute atomic E-state index is 13.9. The largest absolute Gasteiger partial charge is 0.376 e. The van der Waals surface area contributed by atoms with Gasteiger partial charge in [-0.15, -0.1) is 0 Å². The van der Waals surface area contributed by atoms with Crippen LogP contribution in [-0.2, 0) is 6.54 Å². The van der Waals surface area contributed by atoms with E-state index in [1.807, 2.05) is 13.0 Å². The molecule has 0 aliphatic heterocycles. The zero-order valence-electron chi connectivity index (χ0n) is 11.7. The Kier molecular flexibility index (Phi) is 3.29. The van der Waals surface area contributed by atoms with Crippen molar-refractivity contribution < 1.29 is 8.78 Å². The van der Waals surface area contributed by atoms with Crippen LogP contribution in [0.5, 0.6) is 0 Å². The van der Waals surface area contributed by atoms with Gasteiger partial charge in [-0.1, -0.05) is 6.07 Å². The summed E-state index contributed by atoms with van der Waals surface area (Å²) in [6.45, 7) is 3.74. The van der Waals surface area contributed by atoms with Crippen LogP contribution in [0.4, 0.5) is 14.5 Å². The number of anilines is 1. The zero-order valence-corrected chi connectivity index (χ0v) is 11.7. The number of benzene rings is 1. The third-order valence-electron chi connectivity index (χ3n) is 3.24. The fourth-order valence-corrected chi connectivity index (χ4v) is 2.13. The number of hydrogen-bond donors (Lipinski definition) is 1. The Hall–Kier alpha value is -2.50. The summed E-state index contributed by atoms with van der Waals surface area (Å²) < 4.78 is 29.2. The second-order valence-corrected chi connectivity index (χ2v) is 4.96. The van der Waals surface area contributed by atoms with Crippen molar-refractivity contribution in [2.75, 3.05) is 5.32 Å². The summed E-state index contributed by atoms with van der Waals surface area (Å²) in [6.07, 6.45) is 3.45. The Labute approximate surface area is 120 Å². The number of nitrogens with one attached hydrogen (secondary N) is 1. The van der Waals surface area contributed by atoms with Gasteiger partial charge in [0.05, 0.1) is 5.69 Å². The molecule has 108 valence electrons. The third-order valence-corrected chi connectivity index (χ3v) is 3.24. The van der Waals surface area contributed by atoms with Gasteiger partial charge >= 0.3 is 0 Å². The maximum atomic E-state index is 13.9. The van der Waals surface area contributed by atoms with Crippen LogP contribution in [-0.4, -0.2) is 14.6 Å². The van der Waals surface area contributed by atoms with Crippen LogP contribution in [0.25, 0.3) is 5.65 Å². The molecule has 0 amide bonds. The van der Waals surface area contributed by atoms with Crippen LogP contribution in [0.3, 0.4) is 0 Å². The van der Waals surface area contributed by atoms with Crippen molar-refractivity contribution in [3.63, 3.8) is 0 Å². The number of aromatic nitrogens is 3. The lowest BCUT2D eigenvalue weighted by Crippen LogP contribution is -2.06. The highest BCUT2D eigenvalue weighted by Crippen LogP contribution is 2.22. The summed E-state index contributed by atoms with van der Waals surface area (Å²) >= 11 is 0. The van der Waals surface area contributed by atoms with E-state index < -0.39 is 11.6 Å². The van der Waals surface area contributed by atoms with E-state index >= 15 is 0 Å². The van der Waals surface area contributed by atoms with E-state index in [1.54, 1.807) is 23.8 Å². The maximum Gasteiger partial charge on any atom is 0.155 e. The normalized spacial score (nSPS) is 11.0. The van der Waals surface area contributed by atoms with Gasteiger partial charge in [0.25, 0.3) is 0 Å². The SMILES string of the molecule is Cc1cc2ncc(CNc3c(F)ccc(C)c3F)cn2n1. The lowest BCUT2D eigenvalue weighted by Gasteiger charge is -2.10. The molecule has 0 radical (unpaired) electrons. The number of rotatable bonds is 3. The van der Waals surface area contributed by atoms with Gasteiger partial charge in [0.1, 0.15) is 11.5 Å². The second kappa shape index (κ2) is 5.12. The minimum atomic E-state index is -0.609. The van der Waals surface area contributed by atoms with Gasteiger partial charge in [-0.2, -0.15) is 5.10 Å². The Morgan fingerprint density at radius 2 is 2.05 bits per heavy atom. The summed E-state index contributed by atoms with van der Waals surface area (Å²) in [5.41, 5.74) is 2.67. The molecule has 1 aromatic carbocycles. The fraction of sp³-hybridized carbons (Fsp3) is 0.200. The highest BCUT2D eigenvalue weighted by atomic mass is 19.1. The molecule has 2 aromatic heterocycles. The first kappa shape index (κ1) is 13.5. The van der Waals surface area contributed by atoms with Crippen molar-refractivity contribution in [3.8, 4) is 0 Å². The predicted molar refractivity (Wildman–Crippen MR) is 76.1 cm³/mol. The highest BCUT2D eigenvalue weighted by molar-refractivity contribution is 5.49. The smallest absolute Gasteiger partial charge is 0.155 e. The quantitative estimate of drug-likeness (QED) is 0.804. The molecule has 6 heteroatoms. The number of fused-ring (bicyclic) bond motifs is 1. The Morgan fingerprint density at radius 1 is 1.24 bits per heavy atom. The molecule has 21 heavy (non-hydrogen) atoms. The number of halogens is 2. The van der Waals surface area contributed by atoms with Gasteiger partial charge in [-0.05, 0) is 25.5 Å². The number of hydrogen-bond acceptors (Lipinski definition) is 3. The van der Waals surface area contributed by atoms with Gasteiger partial charge in [-0.3, -0.25) is 0 Å². The first-order valence-electron chi connectivity index (χ1n) is 6.54. The van der Waals surface area contributed by atoms with E-state index in [9.17, 15) is 8.78 Å². The third kappa shape index (κ3) is 2.56. The van der Waals surface area contributed by atoms with Gasteiger partial charge in [0.15, 0.2) is 11.5 Å². The standard InChI is InChI=1S/C15H14F2N4/c1-9-3-4-12(16)15(14(9)17)19-7-11-6-18-13-5-10(2)20-21(13)8-11/h3-6,8,19H,7H2,1-2H3. The molecular weight excluding hydrogens is 274 g/mol. The number of aryl methyl sites for hydroxylation is 2. The Balaban J connectivity index is 1.85. The first-order valence-corrected chi connectivity index (χ1v) is 6.54. The van der Waals surface area contributed by atoms with Crippen molar-refractivity contribution in [2.45, 2.75) is 20.4 Å². The van der Waals surface area contributed by atoms with E-state index in [4.69, 9.17) is 0 Å². The molecule has 3 aromatic rings. The van der Waals surface area contributed by atoms with Gasteiger partial charge in [-0.25, -0.2) is 18.3 Å². The Bertz CT molecular complexity index is 811. The lowest BCUT2D eigenvalue weighted by atomic mass is 10.2. The van der Waals surface area contributed by atoms with Crippen LogP contribution in [0.15, 0.2) is 30.6 Å². The van der Waals surface area contributed by atoms with E-state index in [2.05, 4.69) is 15.4 Å². The van der Waals surface area contributed by atoms with Crippen molar-refractivity contribution in [3.05, 3.63) is 59.0 Å². The summed E-state index contributed by atoms with van der Waals surface area (Å²) in [7, 11) is 0. The molecule has 0 bridgehead atoms. The highest BCUT2D eigenvalue weighted by Gasteiger charge is 2.11. The minimum absolute atomic E-state index is 0.119. The molecule has 3 rings (SSSR count). The monoisotopic (exact) mass is 288 g/mol. The van der Waals surface area contributed by atoms with Crippen molar-refractivity contribution >= 4 is 11.3 Å². The molecule has 0 aliphatic rings. The molecule has 4 nitrogen and oxygen atoms in total. The van der Waals surface area contributed by atoms with E-state index in [0.717, 1.165) is 16.9 Å². The van der Waals surface area contributed by atoms with Gasteiger partial charge < -0.3 is 5.32 Å². The zero-order chi connectivity index (χ0) is 15.0. The first-order chi connectivity index (χ1) is 10.0. The minimum Gasteiger partial charge on any atom is -0.376 e. The molecule has 0 unspecified atom stereocenters. The molecular formula is C15H14F2N4. The average molecular weight is 288 g/mol. The average Bonchev–Trinajstić information content (AvgIpc) is 2.82. The van der Waals surface area contributed by atoms with Crippen LogP contribution in [0.2, 0.25) is 0 Å². The second-order valence-electron chi connectivity index (χ2n) is 4.96. The molecule has 0 fully saturated rings. The molecule has 0 atom stereocenters. The van der Waals surface area contributed by atoms with Crippen LogP contribution < -0.4 is 5.32 Å². The molecule has 0 saturated carbocycles. The van der Waals surface area contributed by atoms with Crippen molar-refractivity contribution in [2.24, 2.45) is 0 Å². The van der Waals surface area contributed by atoms with Crippen LogP contribution in [0.1, 0.15) is 16.8 Å². The molecule has 1 N–H and O–H groups in total. The van der Waals surface area contributed by atoms with Crippen molar-refractivity contribution in [1.82, 2.24) is 14.6 Å². The number of nitrogens with zero attached hydrogens (tertiary/aromatic N) is 3. The fourth-order valence-electron chi connectivity index (χ4n) is 2.13. The molecule has 0 spiro atoms. The van der Waals surface area contributed by atoms with Crippen LogP contribution in [0, 0.1) is 25.5 Å². The predicted octanol–water partition coefficient (Wildman–Crippen LogP) is 3.24. The van der Waals surface area contributed by atoms with Gasteiger partial charge in [0.2, 0.25) is 0 Å². The lowest BCUT2D eigenvalue weighted by molar-refractivity contribution is 0.582. The summed E-state index contributed by atoms with van der Waals surface area (Å²) in [6, 6.07) is 4.52. The Morgan fingerprint density at radius 3 is 2.86 bits per heavy atom. The summed E-state index contributed by atoms with van der Waals surface area (Å²) in [5.74, 6) is -1.18. The molecule has 0 aliphatic carbocycles. The molecule has 2 heterocycles. The van der Waals surface area contributed by atoms with Crippen LogP contribution >= 0.6 is 0 Å². The van der Waals surface area contributed by atoms with E-state index in [1.165, 1.54) is 12.1 Å².